The molecule has 0 heterocycles. The fourth-order valence-corrected chi connectivity index (χ4v) is 5.27. The number of hydrogen-bond donors (Lipinski definition) is 2. The van der Waals surface area contributed by atoms with E-state index in [0.717, 1.165) is 29.7 Å². The number of benzene rings is 3. The van der Waals surface area contributed by atoms with Crippen molar-refractivity contribution >= 4 is 97.8 Å². The lowest BCUT2D eigenvalue weighted by atomic mass is 10.2. The van der Waals surface area contributed by atoms with E-state index in [1.165, 1.54) is 0 Å². The van der Waals surface area contributed by atoms with E-state index in [0.29, 0.717) is 21.7 Å². The van der Waals surface area contributed by atoms with Gasteiger partial charge in [0.25, 0.3) is 5.91 Å². The maximum atomic E-state index is 12.0. The lowest BCUT2D eigenvalue weighted by Crippen LogP contribution is -2.25. The Morgan fingerprint density at radius 2 is 1.62 bits per heavy atom. The van der Waals surface area contributed by atoms with Gasteiger partial charge < -0.3 is 10.1 Å². The van der Waals surface area contributed by atoms with Crippen molar-refractivity contribution in [1.82, 2.24) is 5.43 Å². The lowest BCUT2D eigenvalue weighted by Gasteiger charge is -2.12. The smallest absolute Gasteiger partial charge is 0.259 e. The van der Waals surface area contributed by atoms with Gasteiger partial charge in [-0.2, -0.15) is 5.10 Å². The highest BCUT2D eigenvalue weighted by atomic mass is 127. The van der Waals surface area contributed by atoms with Crippen LogP contribution in [0.3, 0.4) is 0 Å². The van der Waals surface area contributed by atoms with E-state index < -0.39 is 0 Å². The SMILES string of the molecule is O=C(CNc1ccc(Cl)cc1)N/N=C\c1cc(I)c(OCc2ccc(Cl)cc2Cl)c(I)c1. The summed E-state index contributed by atoms with van der Waals surface area (Å²) in [6, 6.07) is 16.3. The lowest BCUT2D eigenvalue weighted by molar-refractivity contribution is -0.119. The molecule has 3 rings (SSSR count). The van der Waals surface area contributed by atoms with Gasteiger partial charge in [0, 0.05) is 26.3 Å². The maximum Gasteiger partial charge on any atom is 0.259 e. The molecule has 10 heteroatoms. The summed E-state index contributed by atoms with van der Waals surface area (Å²) in [6.45, 7) is 0.417. The van der Waals surface area contributed by atoms with Gasteiger partial charge in [0.1, 0.15) is 12.4 Å². The normalized spacial score (nSPS) is 10.9. The molecule has 0 aromatic heterocycles. The van der Waals surface area contributed by atoms with Crippen LogP contribution in [-0.4, -0.2) is 18.7 Å². The second kappa shape index (κ2) is 12.3. The van der Waals surface area contributed by atoms with E-state index in [1.807, 2.05) is 18.2 Å². The van der Waals surface area contributed by atoms with Crippen LogP contribution in [0.25, 0.3) is 0 Å². The molecule has 0 aliphatic rings. The Balaban J connectivity index is 1.55. The average molecular weight is 715 g/mol. The molecule has 0 unspecified atom stereocenters. The molecular formula is C22H16Cl3I2N3O2. The molecule has 1 amide bonds. The van der Waals surface area contributed by atoms with Crippen molar-refractivity contribution in [3.63, 3.8) is 0 Å². The largest absolute Gasteiger partial charge is 0.487 e. The minimum Gasteiger partial charge on any atom is -0.487 e. The molecule has 0 fully saturated rings. The first kappa shape index (κ1) is 25.4. The van der Waals surface area contributed by atoms with Gasteiger partial charge in [-0.15, -0.1) is 0 Å². The van der Waals surface area contributed by atoms with Gasteiger partial charge in [-0.25, -0.2) is 5.43 Å². The predicted octanol–water partition coefficient (Wildman–Crippen LogP) is 7.00. The third kappa shape index (κ3) is 7.65. The first-order chi connectivity index (χ1) is 15.3. The fraction of sp³-hybridized carbons (Fsp3) is 0.0909. The number of amides is 1. The monoisotopic (exact) mass is 713 g/mol. The number of hydrazone groups is 1. The molecule has 32 heavy (non-hydrogen) atoms. The van der Waals surface area contributed by atoms with Crippen molar-refractivity contribution in [2.45, 2.75) is 6.61 Å². The van der Waals surface area contributed by atoms with E-state index in [9.17, 15) is 4.79 Å². The van der Waals surface area contributed by atoms with Crippen LogP contribution in [-0.2, 0) is 11.4 Å². The van der Waals surface area contributed by atoms with Crippen LogP contribution >= 0.6 is 80.0 Å². The highest BCUT2D eigenvalue weighted by Gasteiger charge is 2.10. The second-order valence-corrected chi connectivity index (χ2v) is 10.1. The molecule has 3 aromatic rings. The Bertz CT molecular complexity index is 1120. The van der Waals surface area contributed by atoms with Crippen molar-refractivity contribution < 1.29 is 9.53 Å². The van der Waals surface area contributed by atoms with E-state index in [4.69, 9.17) is 39.5 Å². The summed E-state index contributed by atoms with van der Waals surface area (Å²) in [6.07, 6.45) is 1.59. The molecule has 0 aliphatic heterocycles. The molecule has 0 spiro atoms. The molecule has 0 saturated heterocycles. The quantitative estimate of drug-likeness (QED) is 0.150. The van der Waals surface area contributed by atoms with Crippen LogP contribution in [0.2, 0.25) is 15.1 Å². The number of carbonyl (C=O) groups excluding carboxylic acids is 1. The van der Waals surface area contributed by atoms with Crippen LogP contribution in [0.5, 0.6) is 5.75 Å². The van der Waals surface area contributed by atoms with E-state index in [2.05, 4.69) is 61.0 Å². The standard InChI is InChI=1S/C22H16Cl3I2N3O2/c23-15-3-5-17(6-4-15)28-11-21(31)30-29-10-13-7-19(26)22(20(27)8-13)32-12-14-1-2-16(24)9-18(14)25/h1-10,28H,11-12H2,(H,30,31)/b29-10-. The van der Waals surface area contributed by atoms with Gasteiger partial charge in [-0.1, -0.05) is 40.9 Å². The number of anilines is 1. The van der Waals surface area contributed by atoms with Crippen molar-refractivity contribution in [1.29, 1.82) is 0 Å². The maximum absolute atomic E-state index is 12.0. The summed E-state index contributed by atoms with van der Waals surface area (Å²) in [7, 11) is 0. The van der Waals surface area contributed by atoms with Gasteiger partial charge >= 0.3 is 0 Å². The molecule has 5 nitrogen and oxygen atoms in total. The summed E-state index contributed by atoms with van der Waals surface area (Å²) in [5, 5.41) is 8.81. The molecule has 3 aromatic carbocycles. The molecule has 0 aliphatic carbocycles. The van der Waals surface area contributed by atoms with Gasteiger partial charge in [0.05, 0.1) is 19.9 Å². The average Bonchev–Trinajstić information content (AvgIpc) is 2.74. The Morgan fingerprint density at radius 3 is 2.28 bits per heavy atom. The highest BCUT2D eigenvalue weighted by Crippen LogP contribution is 2.30. The molecule has 0 bridgehead atoms. The van der Waals surface area contributed by atoms with Gasteiger partial charge in [-0.3, -0.25) is 4.79 Å². The zero-order chi connectivity index (χ0) is 23.1. The third-order valence-corrected chi connectivity index (χ3v) is 6.55. The Labute approximate surface area is 228 Å². The van der Waals surface area contributed by atoms with Crippen molar-refractivity contribution in [2.75, 3.05) is 11.9 Å². The number of ether oxygens (including phenoxy) is 1. The molecule has 0 atom stereocenters. The molecule has 0 saturated carbocycles. The predicted molar refractivity (Wildman–Crippen MR) is 148 cm³/mol. The van der Waals surface area contributed by atoms with Crippen molar-refractivity contribution in [3.05, 3.63) is 87.9 Å². The number of hydrogen-bond acceptors (Lipinski definition) is 4. The zero-order valence-electron chi connectivity index (χ0n) is 16.3. The Morgan fingerprint density at radius 1 is 0.969 bits per heavy atom. The van der Waals surface area contributed by atoms with Crippen LogP contribution in [0, 0.1) is 7.14 Å². The number of carbonyl (C=O) groups is 1. The topological polar surface area (TPSA) is 62.7 Å². The van der Waals surface area contributed by atoms with Crippen molar-refractivity contribution in [3.8, 4) is 5.75 Å². The van der Waals surface area contributed by atoms with E-state index >= 15 is 0 Å². The van der Waals surface area contributed by atoms with Gasteiger partial charge in [0.15, 0.2) is 0 Å². The molecule has 0 radical (unpaired) electrons. The minimum atomic E-state index is -0.264. The first-order valence-electron chi connectivity index (χ1n) is 9.19. The summed E-state index contributed by atoms with van der Waals surface area (Å²) in [5.74, 6) is 0.492. The van der Waals surface area contributed by atoms with Crippen LogP contribution in [0.15, 0.2) is 59.7 Å². The molecule has 2 N–H and O–H groups in total. The summed E-state index contributed by atoms with van der Waals surface area (Å²) in [5.41, 5.74) is 4.99. The highest BCUT2D eigenvalue weighted by molar-refractivity contribution is 14.1. The zero-order valence-corrected chi connectivity index (χ0v) is 22.9. The fourth-order valence-electron chi connectivity index (χ4n) is 2.55. The number of rotatable bonds is 8. The Hall–Kier alpha value is -1.27. The number of nitrogens with zero attached hydrogens (tertiary/aromatic N) is 1. The van der Waals surface area contributed by atoms with Crippen LogP contribution < -0.4 is 15.5 Å². The van der Waals surface area contributed by atoms with Gasteiger partial charge in [-0.05, 0) is 99.3 Å². The second-order valence-electron chi connectivity index (χ2n) is 6.49. The van der Waals surface area contributed by atoms with E-state index in [-0.39, 0.29) is 12.5 Å². The Kier molecular flexibility index (Phi) is 9.72. The summed E-state index contributed by atoms with van der Waals surface area (Å²) < 4.78 is 7.81. The van der Waals surface area contributed by atoms with Crippen LogP contribution in [0.4, 0.5) is 5.69 Å². The third-order valence-electron chi connectivity index (χ3n) is 4.11. The molecule has 166 valence electrons. The molecular weight excluding hydrogens is 698 g/mol. The summed E-state index contributed by atoms with van der Waals surface area (Å²) >= 11 is 22.4. The van der Waals surface area contributed by atoms with Crippen LogP contribution in [0.1, 0.15) is 11.1 Å². The van der Waals surface area contributed by atoms with Crippen molar-refractivity contribution in [2.24, 2.45) is 5.10 Å². The van der Waals surface area contributed by atoms with E-state index in [1.54, 1.807) is 42.6 Å². The summed E-state index contributed by atoms with van der Waals surface area (Å²) in [4.78, 5) is 12.0. The minimum absolute atomic E-state index is 0.0913. The number of nitrogens with one attached hydrogen (secondary N) is 2. The first-order valence-corrected chi connectivity index (χ1v) is 12.5. The van der Waals surface area contributed by atoms with Gasteiger partial charge in [0.2, 0.25) is 0 Å². The number of halogens is 5.